The summed E-state index contributed by atoms with van der Waals surface area (Å²) in [5, 5.41) is 0. The molecule has 1 heterocycles. The standard InChI is InChI=1S/C12H11NO2/c1-3-10-4-5-12-11(8-10)13(9(2)14)6-7-15-12/h1,4-5,8H,6-7H2,2H3. The Labute approximate surface area is 88.6 Å². The van der Waals surface area contributed by atoms with Crippen LogP contribution in [0, 0.1) is 12.3 Å². The lowest BCUT2D eigenvalue weighted by Crippen LogP contribution is -2.36. The number of amides is 1. The lowest BCUT2D eigenvalue weighted by Gasteiger charge is -2.28. The minimum absolute atomic E-state index is 0.00808. The van der Waals surface area contributed by atoms with Crippen molar-refractivity contribution in [3.8, 4) is 18.1 Å². The van der Waals surface area contributed by atoms with E-state index in [-0.39, 0.29) is 5.91 Å². The van der Waals surface area contributed by atoms with Gasteiger partial charge in [0, 0.05) is 12.5 Å². The van der Waals surface area contributed by atoms with Crippen LogP contribution in [-0.4, -0.2) is 19.1 Å². The van der Waals surface area contributed by atoms with E-state index in [0.29, 0.717) is 13.2 Å². The van der Waals surface area contributed by atoms with E-state index >= 15 is 0 Å². The van der Waals surface area contributed by atoms with Crippen LogP contribution in [0.4, 0.5) is 5.69 Å². The molecule has 0 saturated heterocycles. The molecule has 76 valence electrons. The Morgan fingerprint density at radius 3 is 3.07 bits per heavy atom. The first-order chi connectivity index (χ1) is 7.22. The zero-order valence-corrected chi connectivity index (χ0v) is 8.49. The van der Waals surface area contributed by atoms with Crippen LogP contribution in [0.25, 0.3) is 0 Å². The minimum Gasteiger partial charge on any atom is -0.490 e. The molecule has 0 fully saturated rings. The largest absolute Gasteiger partial charge is 0.490 e. The van der Waals surface area contributed by atoms with Crippen molar-refractivity contribution in [3.63, 3.8) is 0 Å². The first-order valence-corrected chi connectivity index (χ1v) is 4.74. The van der Waals surface area contributed by atoms with E-state index in [2.05, 4.69) is 5.92 Å². The van der Waals surface area contributed by atoms with E-state index < -0.39 is 0 Å². The summed E-state index contributed by atoms with van der Waals surface area (Å²) in [6.07, 6.45) is 5.31. The Morgan fingerprint density at radius 2 is 2.40 bits per heavy atom. The monoisotopic (exact) mass is 201 g/mol. The highest BCUT2D eigenvalue weighted by molar-refractivity contribution is 5.93. The quantitative estimate of drug-likeness (QED) is 0.594. The molecule has 0 N–H and O–H groups in total. The Balaban J connectivity index is 2.49. The molecular formula is C12H11NO2. The van der Waals surface area contributed by atoms with Crippen LogP contribution in [0.2, 0.25) is 0 Å². The Hall–Kier alpha value is -1.95. The van der Waals surface area contributed by atoms with Gasteiger partial charge in [-0.3, -0.25) is 4.79 Å². The molecule has 0 radical (unpaired) electrons. The fraction of sp³-hybridized carbons (Fsp3) is 0.250. The molecule has 3 heteroatoms. The highest BCUT2D eigenvalue weighted by Gasteiger charge is 2.20. The van der Waals surface area contributed by atoms with Crippen molar-refractivity contribution in [2.24, 2.45) is 0 Å². The fourth-order valence-electron chi connectivity index (χ4n) is 1.63. The second-order valence-corrected chi connectivity index (χ2v) is 3.35. The van der Waals surface area contributed by atoms with E-state index in [1.54, 1.807) is 17.0 Å². The summed E-state index contributed by atoms with van der Waals surface area (Å²) < 4.78 is 5.44. The predicted octanol–water partition coefficient (Wildman–Crippen LogP) is 1.41. The van der Waals surface area contributed by atoms with Crippen molar-refractivity contribution in [1.29, 1.82) is 0 Å². The summed E-state index contributed by atoms with van der Waals surface area (Å²) in [6, 6.07) is 5.41. The Morgan fingerprint density at radius 1 is 1.60 bits per heavy atom. The van der Waals surface area contributed by atoms with E-state index in [4.69, 9.17) is 11.2 Å². The molecule has 0 bridgehead atoms. The number of rotatable bonds is 0. The van der Waals surface area contributed by atoms with Gasteiger partial charge < -0.3 is 9.64 Å². The highest BCUT2D eigenvalue weighted by atomic mass is 16.5. The number of benzene rings is 1. The second kappa shape index (κ2) is 3.66. The van der Waals surface area contributed by atoms with Crippen LogP contribution < -0.4 is 9.64 Å². The number of ether oxygens (including phenoxy) is 1. The van der Waals surface area contributed by atoms with Gasteiger partial charge in [-0.15, -0.1) is 6.42 Å². The normalized spacial score (nSPS) is 13.7. The molecule has 1 aliphatic heterocycles. The Bertz CT molecular complexity index is 445. The van der Waals surface area contributed by atoms with Gasteiger partial charge in [0.25, 0.3) is 0 Å². The maximum Gasteiger partial charge on any atom is 0.224 e. The van der Waals surface area contributed by atoms with Gasteiger partial charge in [-0.05, 0) is 18.2 Å². The number of anilines is 1. The highest BCUT2D eigenvalue weighted by Crippen LogP contribution is 2.32. The molecule has 3 nitrogen and oxygen atoms in total. The van der Waals surface area contributed by atoms with Gasteiger partial charge in [0.05, 0.1) is 12.2 Å². The van der Waals surface area contributed by atoms with Gasteiger partial charge in [0.15, 0.2) is 0 Å². The van der Waals surface area contributed by atoms with Gasteiger partial charge in [0.1, 0.15) is 12.4 Å². The molecule has 0 unspecified atom stereocenters. The summed E-state index contributed by atoms with van der Waals surface area (Å²) in [6.45, 7) is 2.65. The molecule has 15 heavy (non-hydrogen) atoms. The first kappa shape index (κ1) is 9.60. The third-order valence-corrected chi connectivity index (χ3v) is 2.37. The minimum atomic E-state index is 0.00808. The van der Waals surface area contributed by atoms with E-state index in [1.165, 1.54) is 6.92 Å². The molecule has 1 amide bonds. The van der Waals surface area contributed by atoms with Gasteiger partial charge in [-0.2, -0.15) is 0 Å². The predicted molar refractivity (Wildman–Crippen MR) is 57.9 cm³/mol. The zero-order valence-electron chi connectivity index (χ0n) is 8.49. The van der Waals surface area contributed by atoms with E-state index in [9.17, 15) is 4.79 Å². The summed E-state index contributed by atoms with van der Waals surface area (Å²) in [4.78, 5) is 13.1. The molecule has 1 aromatic rings. The molecule has 1 aliphatic rings. The number of carbonyl (C=O) groups excluding carboxylic acids is 1. The summed E-state index contributed by atoms with van der Waals surface area (Å²) in [5.74, 6) is 3.27. The van der Waals surface area contributed by atoms with Crippen LogP contribution in [0.3, 0.4) is 0 Å². The zero-order chi connectivity index (χ0) is 10.8. The van der Waals surface area contributed by atoms with Crippen LogP contribution >= 0.6 is 0 Å². The maximum absolute atomic E-state index is 11.4. The van der Waals surface area contributed by atoms with Crippen molar-refractivity contribution in [2.45, 2.75) is 6.92 Å². The van der Waals surface area contributed by atoms with Gasteiger partial charge >= 0.3 is 0 Å². The maximum atomic E-state index is 11.4. The topological polar surface area (TPSA) is 29.5 Å². The van der Waals surface area contributed by atoms with Gasteiger partial charge in [-0.1, -0.05) is 5.92 Å². The van der Waals surface area contributed by atoms with Crippen molar-refractivity contribution in [2.75, 3.05) is 18.1 Å². The third kappa shape index (κ3) is 1.66. The van der Waals surface area contributed by atoms with Crippen LogP contribution in [0.15, 0.2) is 18.2 Å². The molecular weight excluding hydrogens is 190 g/mol. The summed E-state index contributed by atoms with van der Waals surface area (Å²) in [5.41, 5.74) is 1.52. The van der Waals surface area contributed by atoms with Crippen LogP contribution in [0.5, 0.6) is 5.75 Å². The average Bonchev–Trinajstić information content (AvgIpc) is 2.27. The number of hydrogen-bond donors (Lipinski definition) is 0. The molecule has 0 aliphatic carbocycles. The number of carbonyl (C=O) groups is 1. The average molecular weight is 201 g/mol. The molecule has 0 saturated carbocycles. The fourth-order valence-corrected chi connectivity index (χ4v) is 1.63. The van der Waals surface area contributed by atoms with Crippen molar-refractivity contribution < 1.29 is 9.53 Å². The van der Waals surface area contributed by atoms with Gasteiger partial charge in [-0.25, -0.2) is 0 Å². The Kier molecular flexibility index (Phi) is 2.34. The third-order valence-electron chi connectivity index (χ3n) is 2.37. The molecule has 0 spiro atoms. The lowest BCUT2D eigenvalue weighted by molar-refractivity contribution is -0.116. The number of hydrogen-bond acceptors (Lipinski definition) is 2. The van der Waals surface area contributed by atoms with Crippen molar-refractivity contribution in [3.05, 3.63) is 23.8 Å². The molecule has 2 rings (SSSR count). The van der Waals surface area contributed by atoms with Crippen LogP contribution in [0.1, 0.15) is 12.5 Å². The van der Waals surface area contributed by atoms with Crippen molar-refractivity contribution >= 4 is 11.6 Å². The molecule has 0 aromatic heterocycles. The van der Waals surface area contributed by atoms with E-state index in [0.717, 1.165) is 17.0 Å². The number of fused-ring (bicyclic) bond motifs is 1. The molecule has 0 atom stereocenters. The summed E-state index contributed by atoms with van der Waals surface area (Å²) in [7, 11) is 0. The summed E-state index contributed by atoms with van der Waals surface area (Å²) >= 11 is 0. The molecule has 1 aromatic carbocycles. The smallest absolute Gasteiger partial charge is 0.224 e. The van der Waals surface area contributed by atoms with Gasteiger partial charge in [0.2, 0.25) is 5.91 Å². The number of nitrogens with zero attached hydrogens (tertiary/aromatic N) is 1. The number of terminal acetylenes is 1. The SMILES string of the molecule is C#Cc1ccc2c(c1)N(C(C)=O)CCO2. The lowest BCUT2D eigenvalue weighted by atomic mass is 10.1. The second-order valence-electron chi connectivity index (χ2n) is 3.35. The van der Waals surface area contributed by atoms with Crippen molar-refractivity contribution in [1.82, 2.24) is 0 Å². The first-order valence-electron chi connectivity index (χ1n) is 4.74. The van der Waals surface area contributed by atoms with E-state index in [1.807, 2.05) is 6.07 Å². The van der Waals surface area contributed by atoms with Crippen LogP contribution in [-0.2, 0) is 4.79 Å².